The van der Waals surface area contributed by atoms with E-state index < -0.39 is 0 Å². The summed E-state index contributed by atoms with van der Waals surface area (Å²) in [6.45, 7) is 1.89. The lowest BCUT2D eigenvalue weighted by atomic mass is 9.79. The fourth-order valence-corrected chi connectivity index (χ4v) is 2.46. The number of carbonyl (C=O) groups excluding carboxylic acids is 1. The molecule has 0 atom stereocenters. The zero-order valence-corrected chi connectivity index (χ0v) is 10.2. The minimum Gasteiger partial charge on any atom is -0.295 e. The standard InChI is InChI=1S/C14H18N2O/c1-2-4-13(17)11-5-7-12(8-6-11)14-15-9-3-10-16-14/h2-4,9-12H,5-8H2,1H3/b4-2+. The van der Waals surface area contributed by atoms with Gasteiger partial charge in [-0.15, -0.1) is 0 Å². The van der Waals surface area contributed by atoms with Gasteiger partial charge >= 0.3 is 0 Å². The van der Waals surface area contributed by atoms with Crippen LogP contribution >= 0.6 is 0 Å². The Balaban J connectivity index is 1.92. The van der Waals surface area contributed by atoms with E-state index in [0.717, 1.165) is 31.5 Å². The lowest BCUT2D eigenvalue weighted by Crippen LogP contribution is -2.20. The van der Waals surface area contributed by atoms with E-state index in [2.05, 4.69) is 9.97 Å². The van der Waals surface area contributed by atoms with Crippen LogP contribution in [0.15, 0.2) is 30.6 Å². The molecule has 3 heteroatoms. The number of ketones is 1. The van der Waals surface area contributed by atoms with Crippen molar-refractivity contribution in [1.82, 2.24) is 9.97 Å². The summed E-state index contributed by atoms with van der Waals surface area (Å²) in [5, 5.41) is 0. The molecule has 3 nitrogen and oxygen atoms in total. The quantitative estimate of drug-likeness (QED) is 0.750. The fourth-order valence-electron chi connectivity index (χ4n) is 2.46. The number of rotatable bonds is 3. The molecule has 1 fully saturated rings. The first-order valence-corrected chi connectivity index (χ1v) is 6.24. The van der Waals surface area contributed by atoms with Crippen LogP contribution in [-0.4, -0.2) is 15.8 Å². The van der Waals surface area contributed by atoms with E-state index in [0.29, 0.717) is 5.92 Å². The van der Waals surface area contributed by atoms with E-state index in [1.54, 1.807) is 18.5 Å². The third-order valence-corrected chi connectivity index (χ3v) is 3.41. The third-order valence-electron chi connectivity index (χ3n) is 3.41. The molecule has 17 heavy (non-hydrogen) atoms. The van der Waals surface area contributed by atoms with Gasteiger partial charge in [0.25, 0.3) is 0 Å². The van der Waals surface area contributed by atoms with Crippen molar-refractivity contribution in [2.45, 2.75) is 38.5 Å². The molecule has 0 radical (unpaired) electrons. The van der Waals surface area contributed by atoms with Crippen LogP contribution in [0.3, 0.4) is 0 Å². The molecule has 0 unspecified atom stereocenters. The summed E-state index contributed by atoms with van der Waals surface area (Å²) >= 11 is 0. The minimum atomic E-state index is 0.214. The predicted octanol–water partition coefficient (Wildman–Crippen LogP) is 2.90. The zero-order chi connectivity index (χ0) is 12.1. The Morgan fingerprint density at radius 2 is 1.88 bits per heavy atom. The molecular formula is C14H18N2O. The summed E-state index contributed by atoms with van der Waals surface area (Å²) < 4.78 is 0. The summed E-state index contributed by atoms with van der Waals surface area (Å²) in [6, 6.07) is 1.84. The van der Waals surface area contributed by atoms with Gasteiger partial charge in [-0.25, -0.2) is 9.97 Å². The first kappa shape index (κ1) is 12.0. The van der Waals surface area contributed by atoms with Gasteiger partial charge in [0.1, 0.15) is 5.82 Å². The van der Waals surface area contributed by atoms with Crippen LogP contribution in [0.4, 0.5) is 0 Å². The maximum atomic E-state index is 11.7. The highest BCUT2D eigenvalue weighted by Crippen LogP contribution is 2.34. The van der Waals surface area contributed by atoms with Gasteiger partial charge in [0, 0.05) is 24.2 Å². The van der Waals surface area contributed by atoms with Crippen LogP contribution in [0, 0.1) is 5.92 Å². The Hall–Kier alpha value is -1.51. The van der Waals surface area contributed by atoms with E-state index in [1.165, 1.54) is 0 Å². The monoisotopic (exact) mass is 230 g/mol. The Labute approximate surface area is 102 Å². The Morgan fingerprint density at radius 1 is 1.24 bits per heavy atom. The molecule has 0 aliphatic heterocycles. The lowest BCUT2D eigenvalue weighted by molar-refractivity contribution is -0.119. The Bertz CT molecular complexity index is 392. The topological polar surface area (TPSA) is 42.9 Å². The van der Waals surface area contributed by atoms with Gasteiger partial charge in [-0.1, -0.05) is 6.08 Å². The first-order chi connectivity index (χ1) is 8.31. The third kappa shape index (κ3) is 2.99. The number of allylic oxidation sites excluding steroid dienone is 2. The molecule has 1 saturated carbocycles. The summed E-state index contributed by atoms with van der Waals surface area (Å²) in [5.74, 6) is 1.86. The van der Waals surface area contributed by atoms with Crippen molar-refractivity contribution in [2.75, 3.05) is 0 Å². The average molecular weight is 230 g/mol. The summed E-state index contributed by atoms with van der Waals surface area (Å²) in [5.41, 5.74) is 0. The molecule has 1 aliphatic rings. The number of carbonyl (C=O) groups is 1. The SMILES string of the molecule is C/C=C/C(=O)C1CCC(c2ncccn2)CC1. The van der Waals surface area contributed by atoms with Crippen molar-refractivity contribution in [3.63, 3.8) is 0 Å². The predicted molar refractivity (Wildman–Crippen MR) is 66.6 cm³/mol. The molecule has 1 aromatic heterocycles. The molecule has 90 valence electrons. The minimum absolute atomic E-state index is 0.214. The zero-order valence-electron chi connectivity index (χ0n) is 10.2. The summed E-state index contributed by atoms with van der Waals surface area (Å²) in [4.78, 5) is 20.3. The van der Waals surface area contributed by atoms with E-state index in [4.69, 9.17) is 0 Å². The fraction of sp³-hybridized carbons (Fsp3) is 0.500. The van der Waals surface area contributed by atoms with E-state index >= 15 is 0 Å². The molecule has 0 saturated heterocycles. The van der Waals surface area contributed by atoms with Crippen molar-refractivity contribution in [2.24, 2.45) is 5.92 Å². The van der Waals surface area contributed by atoms with Gasteiger partial charge in [-0.05, 0) is 44.7 Å². The van der Waals surface area contributed by atoms with Crippen LogP contribution in [0.2, 0.25) is 0 Å². The van der Waals surface area contributed by atoms with Crippen LogP contribution in [-0.2, 0) is 4.79 Å². The van der Waals surface area contributed by atoms with Crippen molar-refractivity contribution < 1.29 is 4.79 Å². The maximum Gasteiger partial charge on any atom is 0.158 e. The van der Waals surface area contributed by atoms with Gasteiger partial charge < -0.3 is 0 Å². The number of aromatic nitrogens is 2. The molecule has 0 aromatic carbocycles. The van der Waals surface area contributed by atoms with Gasteiger partial charge in [-0.3, -0.25) is 4.79 Å². The molecule has 1 aliphatic carbocycles. The Kier molecular flexibility index (Phi) is 4.02. The first-order valence-electron chi connectivity index (χ1n) is 6.24. The second-order valence-electron chi connectivity index (χ2n) is 4.56. The van der Waals surface area contributed by atoms with Crippen molar-refractivity contribution in [1.29, 1.82) is 0 Å². The molecule has 1 aromatic rings. The number of hydrogen-bond donors (Lipinski definition) is 0. The van der Waals surface area contributed by atoms with Crippen molar-refractivity contribution in [3.8, 4) is 0 Å². The van der Waals surface area contributed by atoms with Gasteiger partial charge in [0.15, 0.2) is 5.78 Å². The molecule has 0 N–H and O–H groups in total. The van der Waals surface area contributed by atoms with Crippen LogP contribution in [0.25, 0.3) is 0 Å². The Morgan fingerprint density at radius 3 is 2.47 bits per heavy atom. The highest BCUT2D eigenvalue weighted by atomic mass is 16.1. The molecule has 0 amide bonds. The lowest BCUT2D eigenvalue weighted by Gasteiger charge is -2.25. The molecule has 0 spiro atoms. The van der Waals surface area contributed by atoms with E-state index in [-0.39, 0.29) is 11.7 Å². The van der Waals surface area contributed by atoms with Gasteiger partial charge in [-0.2, -0.15) is 0 Å². The van der Waals surface area contributed by atoms with Crippen molar-refractivity contribution in [3.05, 3.63) is 36.4 Å². The normalized spacial score (nSPS) is 25.0. The van der Waals surface area contributed by atoms with Gasteiger partial charge in [0.2, 0.25) is 0 Å². The van der Waals surface area contributed by atoms with Crippen LogP contribution < -0.4 is 0 Å². The largest absolute Gasteiger partial charge is 0.295 e. The molecule has 2 rings (SSSR count). The second-order valence-corrected chi connectivity index (χ2v) is 4.56. The summed E-state index contributed by atoms with van der Waals surface area (Å²) in [6.07, 6.45) is 11.1. The number of nitrogens with zero attached hydrogens (tertiary/aromatic N) is 2. The van der Waals surface area contributed by atoms with E-state index in [1.807, 2.05) is 19.1 Å². The van der Waals surface area contributed by atoms with Gasteiger partial charge in [0.05, 0.1) is 0 Å². The maximum absolute atomic E-state index is 11.7. The van der Waals surface area contributed by atoms with Crippen LogP contribution in [0.1, 0.15) is 44.3 Å². The van der Waals surface area contributed by atoms with Crippen molar-refractivity contribution >= 4 is 5.78 Å². The smallest absolute Gasteiger partial charge is 0.158 e. The highest BCUT2D eigenvalue weighted by Gasteiger charge is 2.26. The molecular weight excluding hydrogens is 212 g/mol. The number of hydrogen-bond acceptors (Lipinski definition) is 3. The molecule has 0 bridgehead atoms. The highest BCUT2D eigenvalue weighted by molar-refractivity contribution is 5.91. The van der Waals surface area contributed by atoms with E-state index in [9.17, 15) is 4.79 Å². The van der Waals surface area contributed by atoms with Crippen LogP contribution in [0.5, 0.6) is 0 Å². The molecule has 1 heterocycles. The summed E-state index contributed by atoms with van der Waals surface area (Å²) in [7, 11) is 0. The second kappa shape index (κ2) is 5.71. The average Bonchev–Trinajstić information content (AvgIpc) is 2.40.